The predicted octanol–water partition coefficient (Wildman–Crippen LogP) is 1.27. The Bertz CT molecular complexity index is 847. The minimum absolute atomic E-state index is 0.135. The molecule has 0 bridgehead atoms. The number of anilines is 1. The van der Waals surface area contributed by atoms with Crippen molar-refractivity contribution < 1.29 is 13.2 Å². The SMILES string of the molecule is CN1CCN(S(=O)(=O)c2cccc(C(=O)Nc3cccnc3)c2)CC1. The highest BCUT2D eigenvalue weighted by molar-refractivity contribution is 7.89. The Morgan fingerprint density at radius 2 is 1.88 bits per heavy atom. The van der Waals surface area contributed by atoms with Gasteiger partial charge in [-0.15, -0.1) is 0 Å². The first kappa shape index (κ1) is 17.5. The number of carbonyl (C=O) groups excluding carboxylic acids is 1. The Morgan fingerprint density at radius 1 is 1.12 bits per heavy atom. The maximum Gasteiger partial charge on any atom is 0.255 e. The van der Waals surface area contributed by atoms with Gasteiger partial charge in [0.25, 0.3) is 5.91 Å². The molecule has 0 saturated carbocycles. The molecule has 1 saturated heterocycles. The van der Waals surface area contributed by atoms with Crippen LogP contribution >= 0.6 is 0 Å². The van der Waals surface area contributed by atoms with Crippen LogP contribution in [0, 0.1) is 0 Å². The molecule has 1 amide bonds. The number of nitrogens with zero attached hydrogens (tertiary/aromatic N) is 3. The molecule has 0 unspecified atom stereocenters. The number of likely N-dealkylation sites (N-methyl/N-ethyl adjacent to an activating group) is 1. The summed E-state index contributed by atoms with van der Waals surface area (Å²) in [6.07, 6.45) is 3.14. The van der Waals surface area contributed by atoms with E-state index in [0.29, 0.717) is 37.4 Å². The van der Waals surface area contributed by atoms with Crippen LogP contribution in [0.3, 0.4) is 0 Å². The number of hydrogen-bond donors (Lipinski definition) is 1. The Balaban J connectivity index is 1.80. The lowest BCUT2D eigenvalue weighted by Gasteiger charge is -2.31. The number of piperazine rings is 1. The van der Waals surface area contributed by atoms with Crippen LogP contribution in [0.1, 0.15) is 10.4 Å². The summed E-state index contributed by atoms with van der Waals surface area (Å²) in [4.78, 5) is 18.5. The summed E-state index contributed by atoms with van der Waals surface area (Å²) < 4.78 is 27.0. The largest absolute Gasteiger partial charge is 0.321 e. The fourth-order valence-corrected chi connectivity index (χ4v) is 4.08. The average Bonchev–Trinajstić information content (AvgIpc) is 2.63. The van der Waals surface area contributed by atoms with E-state index in [9.17, 15) is 13.2 Å². The van der Waals surface area contributed by atoms with E-state index in [0.717, 1.165) is 0 Å². The summed E-state index contributed by atoms with van der Waals surface area (Å²) in [6.45, 7) is 2.29. The highest BCUT2D eigenvalue weighted by Gasteiger charge is 2.27. The Morgan fingerprint density at radius 3 is 2.56 bits per heavy atom. The molecule has 0 radical (unpaired) electrons. The van der Waals surface area contributed by atoms with Gasteiger partial charge in [-0.2, -0.15) is 4.31 Å². The van der Waals surface area contributed by atoms with E-state index in [1.807, 2.05) is 7.05 Å². The maximum atomic E-state index is 12.8. The molecule has 0 aliphatic carbocycles. The summed E-state index contributed by atoms with van der Waals surface area (Å²) in [6, 6.07) is 9.54. The fraction of sp³-hybridized carbons (Fsp3) is 0.294. The molecule has 1 fully saturated rings. The van der Waals surface area contributed by atoms with Gasteiger partial charge in [-0.05, 0) is 37.4 Å². The molecule has 1 aliphatic rings. The van der Waals surface area contributed by atoms with Crippen LogP contribution in [0.5, 0.6) is 0 Å². The first-order chi connectivity index (χ1) is 12.0. The third kappa shape index (κ3) is 4.04. The van der Waals surface area contributed by atoms with Crippen LogP contribution in [0.15, 0.2) is 53.7 Å². The van der Waals surface area contributed by atoms with Crippen LogP contribution in [-0.4, -0.2) is 61.7 Å². The zero-order valence-electron chi connectivity index (χ0n) is 13.9. The van der Waals surface area contributed by atoms with E-state index in [4.69, 9.17) is 0 Å². The number of aromatic nitrogens is 1. The highest BCUT2D eigenvalue weighted by Crippen LogP contribution is 2.19. The smallest absolute Gasteiger partial charge is 0.255 e. The summed E-state index contributed by atoms with van der Waals surface area (Å²) in [5, 5.41) is 2.71. The topological polar surface area (TPSA) is 82.6 Å². The molecule has 25 heavy (non-hydrogen) atoms. The molecule has 3 rings (SSSR count). The van der Waals surface area contributed by atoms with Gasteiger partial charge in [-0.1, -0.05) is 6.07 Å². The molecule has 2 heterocycles. The van der Waals surface area contributed by atoms with Crippen molar-refractivity contribution in [1.29, 1.82) is 0 Å². The van der Waals surface area contributed by atoms with Gasteiger partial charge in [0.1, 0.15) is 0 Å². The number of nitrogens with one attached hydrogen (secondary N) is 1. The standard InChI is InChI=1S/C17H20N4O3S/c1-20-8-10-21(11-9-20)25(23,24)16-6-2-4-14(12-16)17(22)19-15-5-3-7-18-13-15/h2-7,12-13H,8-11H2,1H3,(H,19,22). The summed E-state index contributed by atoms with van der Waals surface area (Å²) >= 11 is 0. The van der Waals surface area contributed by atoms with Gasteiger partial charge in [0, 0.05) is 37.9 Å². The molecule has 0 spiro atoms. The van der Waals surface area contributed by atoms with E-state index in [1.54, 1.807) is 30.5 Å². The number of carbonyl (C=O) groups is 1. The molecule has 1 aliphatic heterocycles. The number of pyridine rings is 1. The molecule has 1 aromatic heterocycles. The lowest BCUT2D eigenvalue weighted by Crippen LogP contribution is -2.47. The minimum Gasteiger partial charge on any atom is -0.321 e. The minimum atomic E-state index is -3.60. The number of sulfonamides is 1. The van der Waals surface area contributed by atoms with Gasteiger partial charge >= 0.3 is 0 Å². The summed E-state index contributed by atoms with van der Waals surface area (Å²) in [5.41, 5.74) is 0.846. The molecular formula is C17H20N4O3S. The van der Waals surface area contributed by atoms with Crippen molar-refractivity contribution in [3.05, 3.63) is 54.4 Å². The molecule has 8 heteroatoms. The van der Waals surface area contributed by atoms with Gasteiger partial charge in [0.05, 0.1) is 16.8 Å². The van der Waals surface area contributed by atoms with Gasteiger partial charge in [0.2, 0.25) is 10.0 Å². The first-order valence-electron chi connectivity index (χ1n) is 7.97. The normalized spacial score (nSPS) is 16.5. The Hall–Kier alpha value is -2.29. The van der Waals surface area contributed by atoms with Crippen molar-refractivity contribution in [2.75, 3.05) is 38.5 Å². The van der Waals surface area contributed by atoms with Crippen molar-refractivity contribution in [3.8, 4) is 0 Å². The van der Waals surface area contributed by atoms with E-state index >= 15 is 0 Å². The second-order valence-electron chi connectivity index (χ2n) is 5.93. The monoisotopic (exact) mass is 360 g/mol. The van der Waals surface area contributed by atoms with Crippen molar-refractivity contribution in [2.24, 2.45) is 0 Å². The van der Waals surface area contributed by atoms with Crippen molar-refractivity contribution in [3.63, 3.8) is 0 Å². The summed E-state index contributed by atoms with van der Waals surface area (Å²) in [7, 11) is -1.63. The quantitative estimate of drug-likeness (QED) is 0.888. The number of amides is 1. The van der Waals surface area contributed by atoms with Crippen molar-refractivity contribution >= 4 is 21.6 Å². The third-order valence-electron chi connectivity index (χ3n) is 4.12. The van der Waals surface area contributed by atoms with Gasteiger partial charge in [-0.25, -0.2) is 8.42 Å². The van der Waals surface area contributed by atoms with Crippen LogP contribution < -0.4 is 5.32 Å². The van der Waals surface area contributed by atoms with Crippen molar-refractivity contribution in [2.45, 2.75) is 4.90 Å². The lowest BCUT2D eigenvalue weighted by atomic mass is 10.2. The Kier molecular flexibility index (Phi) is 5.12. The third-order valence-corrected chi connectivity index (χ3v) is 6.01. The lowest BCUT2D eigenvalue weighted by molar-refractivity contribution is 0.102. The molecule has 2 aromatic rings. The molecular weight excluding hydrogens is 340 g/mol. The second-order valence-corrected chi connectivity index (χ2v) is 7.87. The molecule has 7 nitrogen and oxygen atoms in total. The number of rotatable bonds is 4. The first-order valence-corrected chi connectivity index (χ1v) is 9.41. The fourth-order valence-electron chi connectivity index (χ4n) is 2.62. The highest BCUT2D eigenvalue weighted by atomic mass is 32.2. The zero-order chi connectivity index (χ0) is 17.9. The molecule has 132 valence electrons. The van der Waals surface area contributed by atoms with E-state index in [1.165, 1.54) is 22.6 Å². The van der Waals surface area contributed by atoms with Gasteiger partial charge in [0.15, 0.2) is 0 Å². The van der Waals surface area contributed by atoms with Crippen LogP contribution in [0.2, 0.25) is 0 Å². The Labute approximate surface area is 147 Å². The van der Waals surface area contributed by atoms with Crippen LogP contribution in [0.4, 0.5) is 5.69 Å². The predicted molar refractivity (Wildman–Crippen MR) is 94.9 cm³/mol. The van der Waals surface area contributed by atoms with E-state index in [2.05, 4.69) is 15.2 Å². The average molecular weight is 360 g/mol. The molecule has 1 aromatic carbocycles. The number of hydrogen-bond acceptors (Lipinski definition) is 5. The van der Waals surface area contributed by atoms with Gasteiger partial charge < -0.3 is 10.2 Å². The summed E-state index contributed by atoms with van der Waals surface area (Å²) in [5.74, 6) is -0.372. The van der Waals surface area contributed by atoms with Crippen LogP contribution in [-0.2, 0) is 10.0 Å². The van der Waals surface area contributed by atoms with E-state index in [-0.39, 0.29) is 10.8 Å². The van der Waals surface area contributed by atoms with Crippen molar-refractivity contribution in [1.82, 2.24) is 14.2 Å². The van der Waals surface area contributed by atoms with Crippen LogP contribution in [0.25, 0.3) is 0 Å². The molecule has 1 N–H and O–H groups in total. The zero-order valence-corrected chi connectivity index (χ0v) is 14.7. The maximum absolute atomic E-state index is 12.8. The van der Waals surface area contributed by atoms with Gasteiger partial charge in [-0.3, -0.25) is 9.78 Å². The number of benzene rings is 1. The molecule has 0 atom stereocenters. The second kappa shape index (κ2) is 7.30. The van der Waals surface area contributed by atoms with E-state index < -0.39 is 10.0 Å².